The van der Waals surface area contributed by atoms with Crippen LogP contribution in [-0.2, 0) is 0 Å². The van der Waals surface area contributed by atoms with Gasteiger partial charge in [0, 0.05) is 5.56 Å². The molecule has 0 bridgehead atoms. The van der Waals surface area contributed by atoms with Crippen molar-refractivity contribution in [1.29, 1.82) is 15.9 Å². The van der Waals surface area contributed by atoms with E-state index in [4.69, 9.17) is 10.7 Å². The quantitative estimate of drug-likeness (QED) is 0.849. The van der Waals surface area contributed by atoms with E-state index >= 15 is 0 Å². The van der Waals surface area contributed by atoms with E-state index in [1.165, 1.54) is 11.8 Å². The van der Waals surface area contributed by atoms with E-state index in [0.29, 0.717) is 10.6 Å². The molecule has 5 heteroatoms. The Kier molecular flexibility index (Phi) is 3.70. The van der Waals surface area contributed by atoms with Crippen LogP contribution < -0.4 is 5.49 Å². The Morgan fingerprint density at radius 2 is 1.89 bits per heavy atom. The second-order valence-corrected chi connectivity index (χ2v) is 4.56. The number of aromatic nitrogens is 1. The van der Waals surface area contributed by atoms with Crippen LogP contribution in [0.15, 0.2) is 41.4 Å². The highest BCUT2D eigenvalue weighted by molar-refractivity contribution is 7.98. The van der Waals surface area contributed by atoms with Crippen LogP contribution in [-0.4, -0.2) is 10.8 Å². The molecule has 4 nitrogen and oxygen atoms in total. The second kappa shape index (κ2) is 5.43. The Morgan fingerprint density at radius 1 is 1.21 bits per heavy atom. The highest BCUT2D eigenvalue weighted by atomic mass is 32.2. The lowest BCUT2D eigenvalue weighted by atomic mass is 10.0. The fraction of sp³-hybridized carbons (Fsp3) is 0.0714. The Hall–Kier alpha value is -2.50. The van der Waals surface area contributed by atoms with E-state index in [1.807, 2.05) is 48.8 Å². The summed E-state index contributed by atoms with van der Waals surface area (Å²) >= 11 is 1.37. The zero-order valence-corrected chi connectivity index (χ0v) is 11.0. The lowest BCUT2D eigenvalue weighted by Gasteiger charge is -2.10. The van der Waals surface area contributed by atoms with E-state index in [9.17, 15) is 5.26 Å². The minimum atomic E-state index is -0.0734. The van der Waals surface area contributed by atoms with Crippen molar-refractivity contribution in [2.24, 2.45) is 0 Å². The molecule has 0 spiro atoms. The van der Waals surface area contributed by atoms with Crippen molar-refractivity contribution < 1.29 is 0 Å². The Bertz CT molecular complexity index is 748. The smallest absolute Gasteiger partial charge is 0.191 e. The molecule has 0 atom stereocenters. The summed E-state index contributed by atoms with van der Waals surface area (Å²) < 4.78 is 1.16. The first-order chi connectivity index (χ1) is 9.22. The van der Waals surface area contributed by atoms with Crippen LogP contribution in [0.2, 0.25) is 0 Å². The number of benzene rings is 1. The van der Waals surface area contributed by atoms with E-state index in [2.05, 4.69) is 0 Å². The summed E-state index contributed by atoms with van der Waals surface area (Å²) in [5.74, 6) is 0. The van der Waals surface area contributed by atoms with Crippen molar-refractivity contribution in [2.45, 2.75) is 5.03 Å². The van der Waals surface area contributed by atoms with Gasteiger partial charge in [0.1, 0.15) is 11.6 Å². The highest BCUT2D eigenvalue weighted by Gasteiger charge is 2.13. The average Bonchev–Trinajstić information content (AvgIpc) is 2.47. The molecule has 1 aromatic heterocycles. The monoisotopic (exact) mass is 266 g/mol. The molecule has 2 rings (SSSR count). The predicted molar refractivity (Wildman–Crippen MR) is 73.2 cm³/mol. The average molecular weight is 266 g/mol. The molecular weight excluding hydrogens is 256 g/mol. The van der Waals surface area contributed by atoms with Gasteiger partial charge in [-0.15, -0.1) is 11.8 Å². The van der Waals surface area contributed by atoms with Crippen LogP contribution in [0.3, 0.4) is 0 Å². The fourth-order valence-electron chi connectivity index (χ4n) is 1.82. The first-order valence-electron chi connectivity index (χ1n) is 5.47. The second-order valence-electron chi connectivity index (χ2n) is 3.74. The largest absolute Gasteiger partial charge is 0.282 e. The summed E-state index contributed by atoms with van der Waals surface area (Å²) in [5, 5.41) is 27.0. The number of nitrogens with one attached hydrogen (secondary N) is 1. The summed E-state index contributed by atoms with van der Waals surface area (Å²) in [6.45, 7) is 0. The topological polar surface area (TPSA) is 76.4 Å². The van der Waals surface area contributed by atoms with Gasteiger partial charge in [0.05, 0.1) is 5.03 Å². The van der Waals surface area contributed by atoms with Crippen molar-refractivity contribution >= 4 is 11.8 Å². The molecule has 0 fully saturated rings. The van der Waals surface area contributed by atoms with E-state index in [0.717, 1.165) is 10.1 Å². The Morgan fingerprint density at radius 3 is 2.42 bits per heavy atom. The van der Waals surface area contributed by atoms with Gasteiger partial charge in [-0.05, 0) is 17.9 Å². The van der Waals surface area contributed by atoms with Crippen LogP contribution in [0.1, 0.15) is 5.56 Å². The first-order valence-corrected chi connectivity index (χ1v) is 6.69. The molecule has 2 aromatic rings. The molecule has 1 N–H and O–H groups in total. The summed E-state index contributed by atoms with van der Waals surface area (Å²) in [6, 6.07) is 13.2. The Balaban J connectivity index is 2.84. The molecule has 0 aliphatic heterocycles. The lowest BCUT2D eigenvalue weighted by Crippen LogP contribution is -2.22. The molecule has 1 aromatic carbocycles. The summed E-state index contributed by atoms with van der Waals surface area (Å²) in [4.78, 5) is 0. The van der Waals surface area contributed by atoms with Gasteiger partial charge < -0.3 is 0 Å². The standard InChI is InChI=1S/C14H10N4S/c1-19-13-7-11(10-5-3-2-4-6-10)12(8-15)14(17)18(13)9-16/h2-7,17H,1H3. The fourth-order valence-corrected chi connectivity index (χ4v) is 2.37. The molecule has 0 unspecified atom stereocenters. The molecule has 1 heterocycles. The van der Waals surface area contributed by atoms with Crippen molar-refractivity contribution in [3.8, 4) is 23.4 Å². The van der Waals surface area contributed by atoms with Gasteiger partial charge in [0.25, 0.3) is 0 Å². The van der Waals surface area contributed by atoms with Crippen molar-refractivity contribution in [3.63, 3.8) is 0 Å². The minimum absolute atomic E-state index is 0.0734. The van der Waals surface area contributed by atoms with Gasteiger partial charge in [0.2, 0.25) is 0 Å². The highest BCUT2D eigenvalue weighted by Crippen LogP contribution is 2.25. The minimum Gasteiger partial charge on any atom is -0.282 e. The SMILES string of the molecule is CSc1cc(-c2ccccc2)c(C#N)c(=N)n1C#N. The van der Waals surface area contributed by atoms with Crippen LogP contribution in [0.25, 0.3) is 11.1 Å². The molecule has 0 radical (unpaired) electrons. The summed E-state index contributed by atoms with van der Waals surface area (Å²) in [6.07, 6.45) is 3.76. The third-order valence-corrected chi connectivity index (χ3v) is 3.44. The maximum absolute atomic E-state index is 9.24. The van der Waals surface area contributed by atoms with Crippen molar-refractivity contribution in [2.75, 3.05) is 6.26 Å². The van der Waals surface area contributed by atoms with E-state index in [-0.39, 0.29) is 11.1 Å². The number of thioether (sulfide) groups is 1. The van der Waals surface area contributed by atoms with Crippen LogP contribution >= 0.6 is 11.8 Å². The lowest BCUT2D eigenvalue weighted by molar-refractivity contribution is 0.844. The number of hydrogen-bond donors (Lipinski definition) is 1. The number of pyridine rings is 1. The van der Waals surface area contributed by atoms with Crippen molar-refractivity contribution in [3.05, 3.63) is 47.4 Å². The maximum atomic E-state index is 9.24. The van der Waals surface area contributed by atoms with Gasteiger partial charge in [-0.25, -0.2) is 4.57 Å². The van der Waals surface area contributed by atoms with E-state index in [1.54, 1.807) is 6.07 Å². The summed E-state index contributed by atoms with van der Waals surface area (Å²) in [5.41, 5.74) is 1.69. The molecular formula is C14H10N4S. The molecule has 0 aliphatic rings. The van der Waals surface area contributed by atoms with Crippen LogP contribution in [0.4, 0.5) is 0 Å². The van der Waals surface area contributed by atoms with Gasteiger partial charge in [-0.3, -0.25) is 5.41 Å². The number of hydrogen-bond acceptors (Lipinski definition) is 4. The maximum Gasteiger partial charge on any atom is 0.191 e. The normalized spacial score (nSPS) is 9.63. The summed E-state index contributed by atoms with van der Waals surface area (Å²) in [7, 11) is 0. The van der Waals surface area contributed by atoms with Gasteiger partial charge in [0.15, 0.2) is 11.7 Å². The third-order valence-electron chi connectivity index (χ3n) is 2.72. The Labute approximate surface area is 115 Å². The molecule has 92 valence electrons. The molecule has 0 saturated carbocycles. The number of rotatable bonds is 2. The van der Waals surface area contributed by atoms with Crippen LogP contribution in [0, 0.1) is 28.2 Å². The zero-order valence-electron chi connectivity index (χ0n) is 10.2. The number of nitrogens with zero attached hydrogens (tertiary/aromatic N) is 3. The molecule has 0 aliphatic carbocycles. The third kappa shape index (κ3) is 2.24. The van der Waals surface area contributed by atoms with Gasteiger partial charge in [-0.2, -0.15) is 10.5 Å². The zero-order chi connectivity index (χ0) is 13.8. The van der Waals surface area contributed by atoms with Gasteiger partial charge >= 0.3 is 0 Å². The van der Waals surface area contributed by atoms with Crippen LogP contribution in [0.5, 0.6) is 0 Å². The molecule has 19 heavy (non-hydrogen) atoms. The number of nitriles is 2. The van der Waals surface area contributed by atoms with Gasteiger partial charge in [-0.1, -0.05) is 30.3 Å². The predicted octanol–water partition coefficient (Wildman–Crippen LogP) is 2.56. The molecule has 0 saturated heterocycles. The first kappa shape index (κ1) is 12.9. The van der Waals surface area contributed by atoms with E-state index < -0.39 is 0 Å². The van der Waals surface area contributed by atoms with Crippen molar-refractivity contribution in [1.82, 2.24) is 4.57 Å². The molecule has 0 amide bonds.